The molecule has 2 unspecified atom stereocenters. The van der Waals surface area contributed by atoms with Crippen molar-refractivity contribution in [2.24, 2.45) is 17.8 Å². The summed E-state index contributed by atoms with van der Waals surface area (Å²) < 4.78 is 79.9. The number of benzene rings is 2. The van der Waals surface area contributed by atoms with E-state index in [9.17, 15) is 45.6 Å². The Kier molecular flexibility index (Phi) is 22.5. The lowest BCUT2D eigenvalue weighted by atomic mass is 9.87. The molecule has 0 radical (unpaired) electrons. The van der Waals surface area contributed by atoms with Crippen LogP contribution in [0, 0.1) is 31.6 Å². The Hall–Kier alpha value is -8.64. The van der Waals surface area contributed by atoms with Gasteiger partial charge in [-0.1, -0.05) is 43.6 Å². The maximum atomic E-state index is 14.8. The number of carbonyl (C=O) groups excluding carboxylic acids is 6. The van der Waals surface area contributed by atoms with Gasteiger partial charge in [-0.25, -0.2) is 46.7 Å². The van der Waals surface area contributed by atoms with E-state index in [0.29, 0.717) is 99.0 Å². The normalized spacial score (nSPS) is 29.2. The highest BCUT2D eigenvalue weighted by Gasteiger charge is 2.66. The second kappa shape index (κ2) is 31.1. The maximum absolute atomic E-state index is 14.8. The molecule has 4 saturated carbocycles. The number of carbonyl (C=O) groups is 6. The Morgan fingerprint density at radius 3 is 1.47 bits per heavy atom. The van der Waals surface area contributed by atoms with Gasteiger partial charge in [0.15, 0.2) is 6.04 Å². The molecule has 6 fully saturated rings. The summed E-state index contributed by atoms with van der Waals surface area (Å²) in [7, 11) is -4.63. The highest BCUT2D eigenvalue weighted by Crippen LogP contribution is 2.52. The lowest BCUT2D eigenvalue weighted by molar-refractivity contribution is -0.407. The number of allylic oxidation sites excluding steroid dienone is 2. The monoisotopic (exact) mass is 1590 g/mol. The van der Waals surface area contributed by atoms with Crippen molar-refractivity contribution in [1.29, 1.82) is 0 Å². The molecule has 31 heteroatoms. The Labute approximate surface area is 652 Å². The Morgan fingerprint density at radius 1 is 0.609 bits per heavy atom. The molecule has 0 bridgehead atoms. The van der Waals surface area contributed by atoms with Crippen LogP contribution in [0.1, 0.15) is 171 Å². The molecule has 6 aromatic rings. The number of aromatic nitrogens is 6. The fraction of sp³-hybridized carbons (Fsp3) is 0.544. The van der Waals surface area contributed by atoms with Crippen molar-refractivity contribution in [2.45, 2.75) is 225 Å². The molecule has 6 aliphatic heterocycles. The highest BCUT2D eigenvalue weighted by molar-refractivity contribution is 7.92. The number of pyridine rings is 2. The molecule has 10 atom stereocenters. The highest BCUT2D eigenvalue weighted by atomic mass is 35.5. The Balaban J connectivity index is 0.000000177. The SMILES string of the molecule is COc1ccc2nc(C)c3c(c2c1)CC[C@]1(CC2C(=O)N[C@]4(C(=O)NS(=O)(=O)C5(C)CC5)C[C@H]4/C=C\CCCCC[C@H](Cc4ncccn4)C(=O)N2C1)O3.COc1ccc2nc(C)c3c(c2c1)CC[C@]1(CC2C(=O)N[C@]4(C(=O)NS(=O)(=O)C5(C)CC5)C[C@H]4/C=C\CCCCC[C@H]([NH3+])C(=O)N2C1)O3.Clc1ncccn1.[Cl-]. The molecule has 16 rings (SSSR count). The second-order valence-electron chi connectivity index (χ2n) is 31.9. The summed E-state index contributed by atoms with van der Waals surface area (Å²) in [4.78, 5) is 115. The van der Waals surface area contributed by atoms with Gasteiger partial charge in [-0.3, -0.25) is 38.2 Å². The van der Waals surface area contributed by atoms with Crippen LogP contribution in [0.2, 0.25) is 5.28 Å². The molecule has 4 aromatic heterocycles. The number of halogens is 2. The standard InChI is InChI=1S/C40H48N6O7S.C35H45N5O7S.C4H3ClN2.ClH/c1-25-34-29(30-21-28(52-3)12-13-31(30)43-25)14-15-39(53-34)23-32-35(47)44-40(37(49)45-54(50,51)38(2)16-17-38)22-27(40)11-8-6-4-5-7-10-26(36(48)46(32)24-39)20-33-41-18-9-19-42-33;1-21-29-24(25-17-23(46-3)11-12-27(25)37-21)13-14-34(47-29)19-28-30(41)38-35(32(43)39-48(44,45)33(2)15-16-33)18-22(35)9-7-5-4-6-8-10-26(36)31(42)40(28)20-34;5-4-6-2-1-3-7-4;/h8-9,11-13,18-19,21,26-27,32H,4-7,10,14-17,20,22-24H2,1-3H3,(H,44,47)(H,45,49);7,9,11-12,17,22,26,28H,4-6,8,10,13-16,18-20,36H2,1-3H3,(H,38,41)(H,39,43);1-3H;1H/b11-8-;9-7-;;/t26-,27-,32?,39-,40-;22-,26+,28?,34-,35-;;/m11../s1. The number of rotatable bonds is 10. The van der Waals surface area contributed by atoms with Crippen molar-refractivity contribution in [3.05, 3.63) is 131 Å². The molecule has 27 nitrogen and oxygen atoms in total. The number of nitrogens with zero attached hydrogens (tertiary/aromatic N) is 8. The van der Waals surface area contributed by atoms with E-state index in [1.807, 2.05) is 74.5 Å². The van der Waals surface area contributed by atoms with Crippen LogP contribution in [0.25, 0.3) is 21.8 Å². The lowest BCUT2D eigenvalue weighted by Crippen LogP contribution is -3.00. The number of amides is 6. The summed E-state index contributed by atoms with van der Waals surface area (Å²) in [5, 5.41) is 8.15. The lowest BCUT2D eigenvalue weighted by Gasteiger charge is -2.36. The molecule has 4 aliphatic carbocycles. The van der Waals surface area contributed by atoms with Gasteiger partial charge in [0.1, 0.15) is 63.2 Å². The van der Waals surface area contributed by atoms with Gasteiger partial charge in [0.2, 0.25) is 43.1 Å². The number of aryl methyl sites for hydroxylation is 4. The molecular formula is C79H97Cl2N13O14S2. The zero-order chi connectivity index (χ0) is 77.1. The van der Waals surface area contributed by atoms with Crippen molar-refractivity contribution >= 4 is 88.9 Å². The average molecular weight is 1590 g/mol. The predicted octanol–water partition coefficient (Wildman–Crippen LogP) is 4.61. The quantitative estimate of drug-likeness (QED) is 0.0923. The van der Waals surface area contributed by atoms with Crippen LogP contribution in [0.3, 0.4) is 0 Å². The average Bonchev–Trinajstić information content (AvgIpc) is 1.55. The van der Waals surface area contributed by atoms with E-state index in [1.54, 1.807) is 74.8 Å². The third-order valence-electron chi connectivity index (χ3n) is 24.2. The van der Waals surface area contributed by atoms with E-state index in [2.05, 4.69) is 45.7 Å². The van der Waals surface area contributed by atoms with Gasteiger partial charge in [-0.05, 0) is 191 Å². The number of fused-ring (bicyclic) bond motifs is 10. The van der Waals surface area contributed by atoms with Crippen LogP contribution in [0.4, 0.5) is 0 Å². The number of methoxy groups -OCH3 is 2. The molecule has 10 aliphatic rings. The van der Waals surface area contributed by atoms with E-state index >= 15 is 0 Å². The van der Waals surface area contributed by atoms with Crippen molar-refractivity contribution in [1.82, 2.24) is 59.8 Å². The molecule has 7 N–H and O–H groups in total. The molecule has 2 saturated heterocycles. The van der Waals surface area contributed by atoms with Crippen LogP contribution in [-0.4, -0.2) is 169 Å². The summed E-state index contributed by atoms with van der Waals surface area (Å²) in [6, 6.07) is 12.6. The van der Waals surface area contributed by atoms with Gasteiger partial charge in [0.05, 0.1) is 59.2 Å². The summed E-state index contributed by atoms with van der Waals surface area (Å²) >= 11 is 5.32. The number of ether oxygens (including phenoxy) is 4. The minimum atomic E-state index is -3.95. The van der Waals surface area contributed by atoms with Crippen LogP contribution in [0.15, 0.2) is 97.6 Å². The summed E-state index contributed by atoms with van der Waals surface area (Å²) in [6.07, 6.45) is 28.0. The largest absolute Gasteiger partial charge is 1.00 e. The summed E-state index contributed by atoms with van der Waals surface area (Å²) in [6.45, 7) is 7.41. The third-order valence-corrected chi connectivity index (χ3v) is 28.7. The molecule has 2 aromatic carbocycles. The first-order valence-corrected chi connectivity index (χ1v) is 41.5. The van der Waals surface area contributed by atoms with E-state index in [0.717, 1.165) is 101 Å². The molecule has 110 heavy (non-hydrogen) atoms. The summed E-state index contributed by atoms with van der Waals surface area (Å²) in [5.41, 5.74) is 4.72. The molecule has 10 heterocycles. The number of nitrogens with one attached hydrogen (secondary N) is 4. The van der Waals surface area contributed by atoms with E-state index in [4.69, 9.17) is 40.5 Å². The number of hydrogen-bond donors (Lipinski definition) is 5. The minimum absolute atomic E-state index is 0. The van der Waals surface area contributed by atoms with Crippen molar-refractivity contribution < 1.29 is 82.7 Å². The van der Waals surface area contributed by atoms with Crippen LogP contribution >= 0.6 is 11.6 Å². The zero-order valence-electron chi connectivity index (χ0n) is 63.0. The van der Waals surface area contributed by atoms with Crippen LogP contribution < -0.4 is 57.2 Å². The molecule has 6 amide bonds. The maximum Gasteiger partial charge on any atom is 0.281 e. The van der Waals surface area contributed by atoms with E-state index in [-0.39, 0.29) is 74.8 Å². The number of hydrogen-bond acceptors (Lipinski definition) is 20. The van der Waals surface area contributed by atoms with Crippen molar-refractivity contribution in [2.75, 3.05) is 27.3 Å². The van der Waals surface area contributed by atoms with Crippen molar-refractivity contribution in [3.8, 4) is 23.0 Å². The second-order valence-corrected chi connectivity index (χ2v) is 36.7. The van der Waals surface area contributed by atoms with Gasteiger partial charge in [0.25, 0.3) is 17.7 Å². The van der Waals surface area contributed by atoms with E-state index in [1.165, 1.54) is 0 Å². The first-order valence-electron chi connectivity index (χ1n) is 38.1. The Bertz CT molecular complexity index is 4880. The van der Waals surface area contributed by atoms with Gasteiger partial charge in [-0.2, -0.15) is 0 Å². The van der Waals surface area contributed by atoms with E-state index < -0.39 is 99.5 Å². The topological polar surface area (TPSA) is 367 Å². The van der Waals surface area contributed by atoms with Gasteiger partial charge >= 0.3 is 0 Å². The molecule has 588 valence electrons. The number of quaternary nitrogens is 1. The van der Waals surface area contributed by atoms with Gasteiger partial charge in [-0.15, -0.1) is 0 Å². The summed E-state index contributed by atoms with van der Waals surface area (Å²) in [5.74, 6) is -0.787. The number of sulfonamides is 2. The Morgan fingerprint density at radius 2 is 1.05 bits per heavy atom. The van der Waals surface area contributed by atoms with Gasteiger partial charge < -0.3 is 57.5 Å². The smallest absolute Gasteiger partial charge is 0.281 e. The first-order chi connectivity index (χ1) is 52.1. The first kappa shape index (κ1) is 79.4. The zero-order valence-corrected chi connectivity index (χ0v) is 66.1. The predicted molar refractivity (Wildman–Crippen MR) is 404 cm³/mol. The molecular weight excluding hydrogens is 1490 g/mol. The fourth-order valence-electron chi connectivity index (χ4n) is 16.6. The van der Waals surface area contributed by atoms with Gasteiger partial charge in [0, 0.05) is 90.1 Å². The molecule has 2 spiro atoms. The van der Waals surface area contributed by atoms with Crippen LogP contribution in [0.5, 0.6) is 23.0 Å². The fourth-order valence-corrected chi connectivity index (χ4v) is 19.3. The van der Waals surface area contributed by atoms with Crippen LogP contribution in [-0.2, 0) is 68.1 Å². The van der Waals surface area contributed by atoms with Crippen molar-refractivity contribution in [3.63, 3.8) is 0 Å². The minimum Gasteiger partial charge on any atom is -1.00 e. The third kappa shape index (κ3) is 16.0.